The first-order chi connectivity index (χ1) is 7.42. The highest BCUT2D eigenvalue weighted by molar-refractivity contribution is 8.11. The summed E-state index contributed by atoms with van der Waals surface area (Å²) in [5.41, 5.74) is 1.17. The molecular weight excluding hydrogens is 222 g/mol. The van der Waals surface area contributed by atoms with Gasteiger partial charge in [-0.25, -0.2) is 0 Å². The van der Waals surface area contributed by atoms with Crippen LogP contribution in [0.5, 0.6) is 0 Å². The van der Waals surface area contributed by atoms with Gasteiger partial charge in [-0.15, -0.1) is 23.5 Å². The average Bonchev–Trinajstić information content (AvgIpc) is 2.55. The first kappa shape index (κ1) is 10.7. The first-order valence-electron chi connectivity index (χ1n) is 4.87. The molecule has 1 aromatic carbocycles. The van der Waals surface area contributed by atoms with Gasteiger partial charge in [-0.05, 0) is 23.5 Å². The van der Waals surface area contributed by atoms with Crippen LogP contribution in [0.3, 0.4) is 0 Å². The molecule has 0 radical (unpaired) electrons. The van der Waals surface area contributed by atoms with Gasteiger partial charge in [-0.2, -0.15) is 5.26 Å². The maximum atomic E-state index is 9.11. The number of rotatable bonds is 1. The van der Waals surface area contributed by atoms with Gasteiger partial charge in [-0.1, -0.05) is 30.3 Å². The summed E-state index contributed by atoms with van der Waals surface area (Å²) in [4.78, 5) is 2.03. The molecule has 0 spiro atoms. The van der Waals surface area contributed by atoms with E-state index in [1.54, 1.807) is 23.5 Å². The van der Waals surface area contributed by atoms with Crippen LogP contribution in [-0.4, -0.2) is 11.5 Å². The van der Waals surface area contributed by atoms with Gasteiger partial charge >= 0.3 is 0 Å². The Balaban J connectivity index is 2.40. The van der Waals surface area contributed by atoms with Gasteiger partial charge < -0.3 is 0 Å². The Morgan fingerprint density at radius 3 is 2.53 bits per heavy atom. The molecule has 0 saturated heterocycles. The van der Waals surface area contributed by atoms with Crippen LogP contribution in [0.2, 0.25) is 0 Å². The maximum Gasteiger partial charge on any atom is 0.107 e. The van der Waals surface area contributed by atoms with Crippen LogP contribution >= 0.6 is 23.5 Å². The minimum Gasteiger partial charge on any atom is -0.192 e. The first-order valence-corrected chi connectivity index (χ1v) is 6.84. The van der Waals surface area contributed by atoms with Crippen molar-refractivity contribution in [1.29, 1.82) is 5.26 Å². The third-order valence-corrected chi connectivity index (χ3v) is 4.55. The Morgan fingerprint density at radius 1 is 1.07 bits per heavy atom. The summed E-state index contributed by atoms with van der Waals surface area (Å²) in [5, 5.41) is 9.11. The summed E-state index contributed by atoms with van der Waals surface area (Å²) in [5.74, 6) is 2.18. The van der Waals surface area contributed by atoms with Crippen LogP contribution < -0.4 is 0 Å². The van der Waals surface area contributed by atoms with E-state index in [0.717, 1.165) is 21.3 Å². The zero-order chi connectivity index (χ0) is 10.5. The molecule has 0 bridgehead atoms. The fourth-order valence-electron chi connectivity index (χ4n) is 1.43. The van der Waals surface area contributed by atoms with Gasteiger partial charge in [0.15, 0.2) is 0 Å². The molecule has 0 atom stereocenters. The monoisotopic (exact) mass is 233 g/mol. The molecule has 76 valence electrons. The zero-order valence-corrected chi connectivity index (χ0v) is 9.90. The molecule has 1 aliphatic heterocycles. The van der Waals surface area contributed by atoms with E-state index in [1.165, 1.54) is 12.0 Å². The van der Waals surface area contributed by atoms with Crippen LogP contribution in [0.4, 0.5) is 0 Å². The van der Waals surface area contributed by atoms with E-state index in [0.29, 0.717) is 0 Å². The summed E-state index contributed by atoms with van der Waals surface area (Å²) in [7, 11) is 0. The fraction of sp³-hybridized carbons (Fsp3) is 0.250. The second-order valence-electron chi connectivity index (χ2n) is 3.19. The number of benzene rings is 1. The van der Waals surface area contributed by atoms with Crippen molar-refractivity contribution < 1.29 is 0 Å². The predicted molar refractivity (Wildman–Crippen MR) is 68.5 cm³/mol. The van der Waals surface area contributed by atoms with E-state index in [2.05, 4.69) is 18.2 Å². The Hall–Kier alpha value is -0.850. The minimum absolute atomic E-state index is 0.878. The van der Waals surface area contributed by atoms with Crippen molar-refractivity contribution in [2.45, 2.75) is 6.42 Å². The molecule has 0 N–H and O–H groups in total. The van der Waals surface area contributed by atoms with Gasteiger partial charge in [0, 0.05) is 4.91 Å². The Bertz CT molecular complexity index is 403. The molecule has 0 saturated carbocycles. The van der Waals surface area contributed by atoms with E-state index in [9.17, 15) is 0 Å². The third-order valence-electron chi connectivity index (χ3n) is 2.13. The SMILES string of the molecule is N#CC1=C(c2ccccc2)SCCCS1. The van der Waals surface area contributed by atoms with Crippen molar-refractivity contribution in [2.75, 3.05) is 11.5 Å². The maximum absolute atomic E-state index is 9.11. The van der Waals surface area contributed by atoms with Crippen molar-refractivity contribution in [2.24, 2.45) is 0 Å². The van der Waals surface area contributed by atoms with Crippen molar-refractivity contribution in [1.82, 2.24) is 0 Å². The van der Waals surface area contributed by atoms with Crippen LogP contribution in [-0.2, 0) is 0 Å². The molecule has 1 aliphatic rings. The summed E-state index contributed by atoms with van der Waals surface area (Å²) in [6, 6.07) is 12.5. The quantitative estimate of drug-likeness (QED) is 0.738. The number of hydrogen-bond acceptors (Lipinski definition) is 3. The topological polar surface area (TPSA) is 23.8 Å². The summed E-state index contributed by atoms with van der Waals surface area (Å²) in [6.45, 7) is 0. The van der Waals surface area contributed by atoms with Crippen molar-refractivity contribution in [3.63, 3.8) is 0 Å². The number of thioether (sulfide) groups is 2. The number of nitriles is 1. The molecule has 1 heterocycles. The van der Waals surface area contributed by atoms with Crippen LogP contribution in [0, 0.1) is 11.3 Å². The van der Waals surface area contributed by atoms with Gasteiger partial charge in [0.2, 0.25) is 0 Å². The Labute approximate surface area is 98.6 Å². The van der Waals surface area contributed by atoms with Crippen LogP contribution in [0.25, 0.3) is 4.91 Å². The Kier molecular flexibility index (Phi) is 3.76. The Morgan fingerprint density at radius 2 is 1.80 bits per heavy atom. The van der Waals surface area contributed by atoms with E-state index in [4.69, 9.17) is 5.26 Å². The molecule has 0 amide bonds. The lowest BCUT2D eigenvalue weighted by atomic mass is 10.2. The lowest BCUT2D eigenvalue weighted by molar-refractivity contribution is 1.13. The average molecular weight is 233 g/mol. The van der Waals surface area contributed by atoms with E-state index >= 15 is 0 Å². The normalized spacial score (nSPS) is 17.0. The summed E-state index contributed by atoms with van der Waals surface area (Å²) in [6.07, 6.45) is 1.18. The highest BCUT2D eigenvalue weighted by Gasteiger charge is 2.13. The number of hydrogen-bond donors (Lipinski definition) is 0. The largest absolute Gasteiger partial charge is 0.192 e. The van der Waals surface area contributed by atoms with Crippen LogP contribution in [0.1, 0.15) is 12.0 Å². The number of allylic oxidation sites excluding steroid dienone is 1. The summed E-state index contributed by atoms with van der Waals surface area (Å²) < 4.78 is 0. The van der Waals surface area contributed by atoms with E-state index < -0.39 is 0 Å². The van der Waals surface area contributed by atoms with Crippen LogP contribution in [0.15, 0.2) is 35.2 Å². The van der Waals surface area contributed by atoms with Crippen molar-refractivity contribution >= 4 is 28.4 Å². The molecule has 0 fully saturated rings. The lowest BCUT2D eigenvalue weighted by Gasteiger charge is -2.05. The number of nitrogens with zero attached hydrogens (tertiary/aromatic N) is 1. The molecule has 3 heteroatoms. The predicted octanol–water partition coefficient (Wildman–Crippen LogP) is 3.75. The van der Waals surface area contributed by atoms with Gasteiger partial charge in [-0.3, -0.25) is 0 Å². The molecule has 0 aromatic heterocycles. The zero-order valence-electron chi connectivity index (χ0n) is 8.27. The molecule has 0 aliphatic carbocycles. The van der Waals surface area contributed by atoms with E-state index in [1.807, 2.05) is 18.2 Å². The molecule has 15 heavy (non-hydrogen) atoms. The van der Waals surface area contributed by atoms with E-state index in [-0.39, 0.29) is 0 Å². The molecule has 2 rings (SSSR count). The molecular formula is C12H11NS2. The minimum atomic E-state index is 0.878. The van der Waals surface area contributed by atoms with Gasteiger partial charge in [0.25, 0.3) is 0 Å². The highest BCUT2D eigenvalue weighted by Crippen LogP contribution is 2.38. The van der Waals surface area contributed by atoms with Crippen molar-refractivity contribution in [3.05, 3.63) is 40.8 Å². The molecule has 1 aromatic rings. The van der Waals surface area contributed by atoms with Crippen molar-refractivity contribution in [3.8, 4) is 6.07 Å². The second-order valence-corrected chi connectivity index (χ2v) is 5.40. The van der Waals surface area contributed by atoms with Gasteiger partial charge in [0.05, 0.1) is 4.91 Å². The fourth-order valence-corrected chi connectivity index (χ4v) is 3.74. The molecule has 0 unspecified atom stereocenters. The smallest absolute Gasteiger partial charge is 0.107 e. The second kappa shape index (κ2) is 5.29. The standard InChI is InChI=1S/C12H11NS2/c13-9-11-12(15-8-4-7-14-11)10-5-2-1-3-6-10/h1-3,5-6H,4,7-8H2. The summed E-state index contributed by atoms with van der Waals surface area (Å²) >= 11 is 3.49. The third kappa shape index (κ3) is 2.58. The van der Waals surface area contributed by atoms with Gasteiger partial charge in [0.1, 0.15) is 6.07 Å². The highest BCUT2D eigenvalue weighted by atomic mass is 32.2. The lowest BCUT2D eigenvalue weighted by Crippen LogP contribution is -1.83. The molecule has 1 nitrogen and oxygen atoms in total.